The number of halogens is 1. The molecule has 318 valence electrons. The zero-order chi connectivity index (χ0) is 43.1. The minimum Gasteiger partial charge on any atom is -0.371 e. The fourth-order valence-electron chi connectivity index (χ4n) is 10.4. The number of amides is 4. The molecule has 1 N–H and O–H groups in total. The summed E-state index contributed by atoms with van der Waals surface area (Å²) in [6.07, 6.45) is 9.47. The quantitative estimate of drug-likeness (QED) is 0.148. The summed E-state index contributed by atoms with van der Waals surface area (Å²) in [5, 5.41) is 16.9. The number of hydrogen-bond donors (Lipinski definition) is 1. The number of benzene rings is 3. The van der Waals surface area contributed by atoms with Crippen LogP contribution in [0.2, 0.25) is 5.02 Å². The van der Waals surface area contributed by atoms with E-state index in [4.69, 9.17) is 16.7 Å². The summed E-state index contributed by atoms with van der Waals surface area (Å²) in [4.78, 5) is 57.4. The highest BCUT2D eigenvalue weighted by molar-refractivity contribution is 6.32. The number of aromatic nitrogens is 2. The van der Waals surface area contributed by atoms with E-state index in [0.717, 1.165) is 103 Å². The van der Waals surface area contributed by atoms with Crippen LogP contribution in [0.3, 0.4) is 0 Å². The molecule has 4 fully saturated rings. The van der Waals surface area contributed by atoms with Crippen molar-refractivity contribution in [2.75, 3.05) is 37.6 Å². The minimum atomic E-state index is -0.962. The molecule has 0 radical (unpaired) electrons. The van der Waals surface area contributed by atoms with Crippen LogP contribution < -0.4 is 10.2 Å². The van der Waals surface area contributed by atoms with Crippen molar-refractivity contribution in [2.24, 2.45) is 17.3 Å². The molecule has 5 heterocycles. The van der Waals surface area contributed by atoms with Gasteiger partial charge in [0.2, 0.25) is 11.8 Å². The van der Waals surface area contributed by atoms with Gasteiger partial charge in [0.15, 0.2) is 0 Å². The van der Waals surface area contributed by atoms with Gasteiger partial charge < -0.3 is 9.80 Å². The number of likely N-dealkylation sites (tertiary alicyclic amines) is 1. The van der Waals surface area contributed by atoms with Crippen LogP contribution >= 0.6 is 11.6 Å². The van der Waals surface area contributed by atoms with Crippen molar-refractivity contribution in [1.82, 2.24) is 24.9 Å². The SMILES string of the molecule is Cc1c(-c2ccc(C#N)c(Cl)c2)nn(Cc2ccc(C#C[C@H]3CC[C@H](CN4CCC5(CC4)CCN(c4cccc6c4C(=O)N(C4CCC(=O)NC4=O)C6=O)CC5)CC3)cc2)c1C. The summed E-state index contributed by atoms with van der Waals surface area (Å²) in [5.41, 5.74) is 8.44. The average Bonchev–Trinajstić information content (AvgIpc) is 3.71. The number of piperidine rings is 3. The molecule has 3 aromatic carbocycles. The van der Waals surface area contributed by atoms with Crippen molar-refractivity contribution in [3.05, 3.63) is 105 Å². The third kappa shape index (κ3) is 8.17. The van der Waals surface area contributed by atoms with E-state index in [-0.39, 0.29) is 18.7 Å². The monoisotopic (exact) mass is 849 g/mol. The lowest BCUT2D eigenvalue weighted by Gasteiger charge is -2.48. The fourth-order valence-corrected chi connectivity index (χ4v) is 10.6. The molecule has 1 aliphatic carbocycles. The predicted octanol–water partition coefficient (Wildman–Crippen LogP) is 7.68. The van der Waals surface area contributed by atoms with Crippen molar-refractivity contribution in [3.8, 4) is 29.2 Å². The summed E-state index contributed by atoms with van der Waals surface area (Å²) >= 11 is 6.32. The van der Waals surface area contributed by atoms with Gasteiger partial charge in [0.1, 0.15) is 12.1 Å². The van der Waals surface area contributed by atoms with Crippen LogP contribution in [0.1, 0.15) is 113 Å². The Morgan fingerprint density at radius 3 is 2.29 bits per heavy atom. The highest BCUT2D eigenvalue weighted by Gasteiger charge is 2.47. The van der Waals surface area contributed by atoms with E-state index in [9.17, 15) is 24.4 Å². The first-order valence-electron chi connectivity index (χ1n) is 22.2. The Hall–Kier alpha value is -5.75. The average molecular weight is 850 g/mol. The van der Waals surface area contributed by atoms with Gasteiger partial charge in [0, 0.05) is 48.8 Å². The van der Waals surface area contributed by atoms with E-state index < -0.39 is 23.8 Å². The summed E-state index contributed by atoms with van der Waals surface area (Å²) < 4.78 is 2.02. The number of hydrogen-bond acceptors (Lipinski definition) is 8. The van der Waals surface area contributed by atoms with E-state index in [1.54, 1.807) is 12.1 Å². The molecular weight excluding hydrogens is 798 g/mol. The summed E-state index contributed by atoms with van der Waals surface area (Å²) in [6.45, 7) is 9.87. The van der Waals surface area contributed by atoms with Crippen molar-refractivity contribution < 1.29 is 19.2 Å². The van der Waals surface area contributed by atoms with Crippen LogP contribution in [-0.4, -0.2) is 82.0 Å². The molecule has 4 amide bonds. The first kappa shape index (κ1) is 41.6. The van der Waals surface area contributed by atoms with E-state index >= 15 is 0 Å². The molecule has 1 atom stereocenters. The molecule has 1 saturated carbocycles. The van der Waals surface area contributed by atoms with Gasteiger partial charge in [0.25, 0.3) is 11.8 Å². The maximum Gasteiger partial charge on any atom is 0.264 e. The normalized spacial score (nSPS) is 22.6. The Balaban J connectivity index is 0.723. The Labute approximate surface area is 368 Å². The molecule has 11 nitrogen and oxygen atoms in total. The lowest BCUT2D eigenvalue weighted by Crippen LogP contribution is -2.54. The molecule has 4 aliphatic heterocycles. The fraction of sp³-hybridized carbons (Fsp3) is 0.440. The summed E-state index contributed by atoms with van der Waals surface area (Å²) in [6, 6.07) is 20.6. The summed E-state index contributed by atoms with van der Waals surface area (Å²) in [5.74, 6) is 6.35. The molecule has 1 aromatic heterocycles. The standard InChI is InChI=1S/C50H52ClN7O4/c1-32-33(2)57(54-46(32)38-16-17-39(29-52)41(51)28-38)31-37-14-10-35(11-15-37)7-6-34-8-12-36(13-9-34)30-55-24-20-50(21-25-55)22-26-56(27-23-50)42-5-3-4-40-45(42)49(62)58(48(40)61)43-18-19-44(59)53-47(43)60/h3-5,10-11,14-17,28,34,36,43H,8-9,12-13,18-27,30-31H2,1-2H3,(H,53,59,60)/t34-,36-,43?. The number of imide groups is 2. The largest absolute Gasteiger partial charge is 0.371 e. The maximum absolute atomic E-state index is 13.7. The zero-order valence-electron chi connectivity index (χ0n) is 35.5. The first-order chi connectivity index (χ1) is 30.0. The number of carbonyl (C=O) groups excluding carboxylic acids is 4. The van der Waals surface area contributed by atoms with Gasteiger partial charge in [-0.1, -0.05) is 47.7 Å². The number of anilines is 1. The van der Waals surface area contributed by atoms with Crippen LogP contribution in [0.4, 0.5) is 5.69 Å². The first-order valence-corrected chi connectivity index (χ1v) is 22.5. The molecule has 0 bridgehead atoms. The lowest BCUT2D eigenvalue weighted by atomic mass is 9.71. The van der Waals surface area contributed by atoms with Crippen molar-refractivity contribution in [2.45, 2.75) is 90.6 Å². The van der Waals surface area contributed by atoms with Crippen LogP contribution in [0.5, 0.6) is 0 Å². The van der Waals surface area contributed by atoms with Crippen molar-refractivity contribution >= 4 is 40.9 Å². The van der Waals surface area contributed by atoms with Crippen LogP contribution in [0.15, 0.2) is 60.7 Å². The molecule has 5 aliphatic rings. The van der Waals surface area contributed by atoms with Crippen LogP contribution in [-0.2, 0) is 16.1 Å². The van der Waals surface area contributed by atoms with Gasteiger partial charge in [0.05, 0.1) is 39.6 Å². The van der Waals surface area contributed by atoms with Gasteiger partial charge in [-0.3, -0.25) is 34.1 Å². The topological polar surface area (TPSA) is 132 Å². The van der Waals surface area contributed by atoms with Crippen LogP contribution in [0.25, 0.3) is 11.3 Å². The van der Waals surface area contributed by atoms with E-state index in [0.29, 0.717) is 45.5 Å². The Bertz CT molecular complexity index is 2540. The number of fused-ring (bicyclic) bond motifs is 1. The lowest BCUT2D eigenvalue weighted by molar-refractivity contribution is -0.136. The molecule has 3 saturated heterocycles. The number of nitriles is 1. The van der Waals surface area contributed by atoms with Gasteiger partial charge in [-0.15, -0.1) is 0 Å². The second kappa shape index (κ2) is 17.2. The number of carbonyl (C=O) groups is 4. The third-order valence-corrected chi connectivity index (χ3v) is 14.8. The smallest absolute Gasteiger partial charge is 0.264 e. The van der Waals surface area contributed by atoms with Crippen LogP contribution in [0, 0.1) is 54.3 Å². The molecular formula is C50H52ClN7O4. The van der Waals surface area contributed by atoms with E-state index in [1.807, 2.05) is 28.9 Å². The molecule has 12 heteroatoms. The predicted molar refractivity (Wildman–Crippen MR) is 237 cm³/mol. The highest BCUT2D eigenvalue weighted by Crippen LogP contribution is 2.44. The highest BCUT2D eigenvalue weighted by atomic mass is 35.5. The zero-order valence-corrected chi connectivity index (χ0v) is 36.3. The van der Waals surface area contributed by atoms with E-state index in [1.165, 1.54) is 25.7 Å². The second-order valence-corrected chi connectivity index (χ2v) is 18.5. The van der Waals surface area contributed by atoms with Gasteiger partial charge in [-0.25, -0.2) is 0 Å². The number of nitrogens with zero attached hydrogens (tertiary/aromatic N) is 6. The van der Waals surface area contributed by atoms with Crippen molar-refractivity contribution in [3.63, 3.8) is 0 Å². The maximum atomic E-state index is 13.7. The van der Waals surface area contributed by atoms with E-state index in [2.05, 4.69) is 71.1 Å². The second-order valence-electron chi connectivity index (χ2n) is 18.1. The minimum absolute atomic E-state index is 0.106. The third-order valence-electron chi connectivity index (χ3n) is 14.5. The van der Waals surface area contributed by atoms with Crippen molar-refractivity contribution in [1.29, 1.82) is 5.26 Å². The number of nitrogens with one attached hydrogen (secondary N) is 1. The van der Waals surface area contributed by atoms with Gasteiger partial charge >= 0.3 is 0 Å². The number of rotatable bonds is 7. The Morgan fingerprint density at radius 1 is 0.871 bits per heavy atom. The molecule has 62 heavy (non-hydrogen) atoms. The van der Waals surface area contributed by atoms with Gasteiger partial charge in [-0.2, -0.15) is 10.4 Å². The Kier molecular flexibility index (Phi) is 11.5. The summed E-state index contributed by atoms with van der Waals surface area (Å²) in [7, 11) is 0. The molecule has 9 rings (SSSR count). The molecule has 4 aromatic rings. The van der Waals surface area contributed by atoms with Gasteiger partial charge in [-0.05, 0) is 144 Å². The molecule has 1 spiro atoms. The molecule has 1 unspecified atom stereocenters. The Morgan fingerprint density at radius 2 is 1.60 bits per heavy atom.